The fourth-order valence-electron chi connectivity index (χ4n) is 3.87. The van der Waals surface area contributed by atoms with Crippen LogP contribution < -0.4 is 10.6 Å². The summed E-state index contributed by atoms with van der Waals surface area (Å²) >= 11 is 0. The number of aliphatic imine (C=N–C) groups is 1. The minimum Gasteiger partial charge on any atom is -0.379 e. The molecule has 0 saturated carbocycles. The van der Waals surface area contributed by atoms with E-state index in [2.05, 4.69) is 40.3 Å². The molecule has 166 valence electrons. The van der Waals surface area contributed by atoms with Crippen LogP contribution in [0.1, 0.15) is 38.7 Å². The minimum absolute atomic E-state index is 0.0536. The second-order valence-corrected chi connectivity index (χ2v) is 8.29. The number of ether oxygens (including phenoxy) is 1. The highest BCUT2D eigenvalue weighted by Crippen LogP contribution is 2.17. The van der Waals surface area contributed by atoms with E-state index in [4.69, 9.17) is 9.73 Å². The number of benzene rings is 1. The Morgan fingerprint density at radius 2 is 1.97 bits per heavy atom. The average Bonchev–Trinajstić information content (AvgIpc) is 2.77. The number of carbonyl (C=O) groups excluding carboxylic acids is 1. The third kappa shape index (κ3) is 7.29. The second kappa shape index (κ2) is 11.9. The molecule has 1 amide bonds. The van der Waals surface area contributed by atoms with Crippen LogP contribution in [0.15, 0.2) is 29.3 Å². The van der Waals surface area contributed by atoms with Crippen molar-refractivity contribution >= 4 is 17.6 Å². The van der Waals surface area contributed by atoms with E-state index in [0.29, 0.717) is 13.0 Å². The maximum Gasteiger partial charge on any atom is 0.225 e. The summed E-state index contributed by atoms with van der Waals surface area (Å²) in [7, 11) is 0. The lowest BCUT2D eigenvalue weighted by atomic mass is 10.00. The van der Waals surface area contributed by atoms with Gasteiger partial charge in [-0.25, -0.2) is 4.99 Å². The van der Waals surface area contributed by atoms with Gasteiger partial charge < -0.3 is 20.3 Å². The molecule has 2 heterocycles. The van der Waals surface area contributed by atoms with Crippen molar-refractivity contribution in [3.05, 3.63) is 29.8 Å². The van der Waals surface area contributed by atoms with Crippen molar-refractivity contribution in [2.24, 2.45) is 10.9 Å². The first-order valence-corrected chi connectivity index (χ1v) is 11.4. The molecule has 7 heteroatoms. The predicted molar refractivity (Wildman–Crippen MR) is 122 cm³/mol. The predicted octanol–water partition coefficient (Wildman–Crippen LogP) is 2.54. The van der Waals surface area contributed by atoms with E-state index < -0.39 is 0 Å². The molecule has 1 aromatic carbocycles. The van der Waals surface area contributed by atoms with E-state index in [1.807, 2.05) is 18.2 Å². The number of amides is 1. The van der Waals surface area contributed by atoms with Gasteiger partial charge in [0.05, 0.1) is 19.8 Å². The van der Waals surface area contributed by atoms with Crippen molar-refractivity contribution in [1.82, 2.24) is 15.1 Å². The van der Waals surface area contributed by atoms with Crippen molar-refractivity contribution in [3.8, 4) is 0 Å². The second-order valence-electron chi connectivity index (χ2n) is 8.29. The van der Waals surface area contributed by atoms with E-state index in [1.54, 1.807) is 0 Å². The molecule has 2 aliphatic heterocycles. The Morgan fingerprint density at radius 1 is 1.20 bits per heavy atom. The summed E-state index contributed by atoms with van der Waals surface area (Å²) in [5, 5.41) is 6.46. The first kappa shape index (κ1) is 22.6. The standard InChI is InChI=1S/C23H37N5O2/c1-3-24-23(28-11-7-19(2)8-12-28)25-18-20-5-4-6-21(17-20)26-22(29)9-10-27-13-15-30-16-14-27/h4-6,17,19H,3,7-16,18H2,1-2H3,(H,24,25)(H,26,29). The van der Waals surface area contributed by atoms with Gasteiger partial charge in [0.1, 0.15) is 0 Å². The van der Waals surface area contributed by atoms with E-state index in [1.165, 1.54) is 12.8 Å². The summed E-state index contributed by atoms with van der Waals surface area (Å²) in [6.45, 7) is 12.1. The van der Waals surface area contributed by atoms with E-state index in [0.717, 1.165) is 75.6 Å². The van der Waals surface area contributed by atoms with Gasteiger partial charge in [0.2, 0.25) is 5.91 Å². The number of hydrogen-bond acceptors (Lipinski definition) is 4. The van der Waals surface area contributed by atoms with Crippen LogP contribution in [0.5, 0.6) is 0 Å². The van der Waals surface area contributed by atoms with Gasteiger partial charge in [-0.05, 0) is 43.4 Å². The zero-order chi connectivity index (χ0) is 21.2. The smallest absolute Gasteiger partial charge is 0.225 e. The van der Waals surface area contributed by atoms with Gasteiger partial charge in [0, 0.05) is 51.4 Å². The molecule has 2 aliphatic rings. The lowest BCUT2D eigenvalue weighted by molar-refractivity contribution is -0.116. The van der Waals surface area contributed by atoms with Gasteiger partial charge >= 0.3 is 0 Å². The molecule has 0 aliphatic carbocycles. The highest BCUT2D eigenvalue weighted by Gasteiger charge is 2.18. The van der Waals surface area contributed by atoms with Crippen molar-refractivity contribution in [2.45, 2.75) is 39.7 Å². The molecular formula is C23H37N5O2. The van der Waals surface area contributed by atoms with Crippen LogP contribution in [0, 0.1) is 5.92 Å². The monoisotopic (exact) mass is 415 g/mol. The highest BCUT2D eigenvalue weighted by atomic mass is 16.5. The fourth-order valence-corrected chi connectivity index (χ4v) is 3.87. The van der Waals surface area contributed by atoms with Gasteiger partial charge in [-0.1, -0.05) is 19.1 Å². The molecule has 0 atom stereocenters. The molecule has 2 fully saturated rings. The number of hydrogen-bond donors (Lipinski definition) is 2. The molecule has 7 nitrogen and oxygen atoms in total. The van der Waals surface area contributed by atoms with Crippen molar-refractivity contribution < 1.29 is 9.53 Å². The minimum atomic E-state index is 0.0536. The maximum atomic E-state index is 12.3. The number of rotatable bonds is 7. The third-order valence-electron chi connectivity index (χ3n) is 5.80. The van der Waals surface area contributed by atoms with Crippen molar-refractivity contribution in [1.29, 1.82) is 0 Å². The summed E-state index contributed by atoms with van der Waals surface area (Å²) in [5.41, 5.74) is 1.94. The van der Waals surface area contributed by atoms with Crippen molar-refractivity contribution in [2.75, 3.05) is 57.8 Å². The lowest BCUT2D eigenvalue weighted by Crippen LogP contribution is -2.45. The van der Waals surface area contributed by atoms with E-state index in [-0.39, 0.29) is 5.91 Å². The molecular weight excluding hydrogens is 378 g/mol. The topological polar surface area (TPSA) is 69.2 Å². The van der Waals surface area contributed by atoms with Crippen LogP contribution >= 0.6 is 0 Å². The van der Waals surface area contributed by atoms with Gasteiger partial charge in [0.25, 0.3) is 0 Å². The molecule has 0 bridgehead atoms. The summed E-state index contributed by atoms with van der Waals surface area (Å²) < 4.78 is 5.35. The number of carbonyl (C=O) groups is 1. The summed E-state index contributed by atoms with van der Waals surface area (Å²) in [4.78, 5) is 21.8. The number of likely N-dealkylation sites (tertiary alicyclic amines) is 1. The van der Waals surface area contributed by atoms with Crippen LogP contribution in [0.4, 0.5) is 5.69 Å². The molecule has 0 aromatic heterocycles. The Morgan fingerprint density at radius 3 is 2.70 bits per heavy atom. The Bertz CT molecular complexity index is 695. The zero-order valence-corrected chi connectivity index (χ0v) is 18.5. The Kier molecular flexibility index (Phi) is 8.96. The van der Waals surface area contributed by atoms with E-state index >= 15 is 0 Å². The number of piperidine rings is 1. The molecule has 0 radical (unpaired) electrons. The molecule has 2 saturated heterocycles. The number of nitrogens with one attached hydrogen (secondary N) is 2. The maximum absolute atomic E-state index is 12.3. The Hall–Kier alpha value is -2.12. The van der Waals surface area contributed by atoms with Gasteiger partial charge in [-0.3, -0.25) is 9.69 Å². The van der Waals surface area contributed by atoms with E-state index in [9.17, 15) is 4.79 Å². The first-order chi connectivity index (χ1) is 14.6. The van der Waals surface area contributed by atoms with Gasteiger partial charge in [0.15, 0.2) is 5.96 Å². The van der Waals surface area contributed by atoms with Crippen LogP contribution in [0.25, 0.3) is 0 Å². The zero-order valence-electron chi connectivity index (χ0n) is 18.5. The van der Waals surface area contributed by atoms with Gasteiger partial charge in [-0.2, -0.15) is 0 Å². The van der Waals surface area contributed by atoms with Crippen LogP contribution in [0.2, 0.25) is 0 Å². The molecule has 1 aromatic rings. The first-order valence-electron chi connectivity index (χ1n) is 11.4. The number of morpholine rings is 1. The Labute approximate surface area is 180 Å². The lowest BCUT2D eigenvalue weighted by Gasteiger charge is -2.33. The number of nitrogens with zero attached hydrogens (tertiary/aromatic N) is 3. The summed E-state index contributed by atoms with van der Waals surface area (Å²) in [6.07, 6.45) is 2.94. The largest absolute Gasteiger partial charge is 0.379 e. The van der Waals surface area contributed by atoms with Gasteiger partial charge in [-0.15, -0.1) is 0 Å². The fraction of sp³-hybridized carbons (Fsp3) is 0.652. The third-order valence-corrected chi connectivity index (χ3v) is 5.80. The van der Waals surface area contributed by atoms with Crippen molar-refractivity contribution in [3.63, 3.8) is 0 Å². The number of guanidine groups is 1. The molecule has 0 spiro atoms. The summed E-state index contributed by atoms with van der Waals surface area (Å²) in [5.74, 6) is 1.84. The van der Waals surface area contributed by atoms with Crippen LogP contribution in [0.3, 0.4) is 0 Å². The molecule has 2 N–H and O–H groups in total. The Balaban J connectivity index is 1.51. The molecule has 30 heavy (non-hydrogen) atoms. The highest BCUT2D eigenvalue weighted by molar-refractivity contribution is 5.90. The molecule has 3 rings (SSSR count). The normalized spacial score (nSPS) is 19.0. The van der Waals surface area contributed by atoms with Crippen LogP contribution in [-0.4, -0.2) is 74.1 Å². The summed E-state index contributed by atoms with van der Waals surface area (Å²) in [6, 6.07) is 8.02. The molecule has 0 unspecified atom stereocenters. The SMILES string of the molecule is CCNC(=NCc1cccc(NC(=O)CCN2CCOCC2)c1)N1CCC(C)CC1. The van der Waals surface area contributed by atoms with Crippen LogP contribution in [-0.2, 0) is 16.1 Å². The number of anilines is 1. The quantitative estimate of drug-likeness (QED) is 0.529. The average molecular weight is 416 g/mol.